The van der Waals surface area contributed by atoms with Crippen molar-refractivity contribution in [3.8, 4) is 34.6 Å². The summed E-state index contributed by atoms with van der Waals surface area (Å²) in [5.74, 6) is 3.20. The minimum atomic E-state index is -1.52. The summed E-state index contributed by atoms with van der Waals surface area (Å²) in [6.07, 6.45) is 16.4. The monoisotopic (exact) mass is 1010 g/mol. The minimum absolute atomic E-state index is 0.0188. The zero-order chi connectivity index (χ0) is 50.5. The fraction of sp³-hybridized carbons (Fsp3) is 0.155. The topological polar surface area (TPSA) is 139 Å². The average molecular weight is 1010 g/mol. The van der Waals surface area contributed by atoms with Crippen molar-refractivity contribution in [2.45, 2.75) is 30.5 Å². The van der Waals surface area contributed by atoms with E-state index in [9.17, 15) is 14.7 Å². The highest BCUT2D eigenvalue weighted by molar-refractivity contribution is 6.31. The molecule has 1 aliphatic carbocycles. The molecule has 1 aliphatic rings. The lowest BCUT2D eigenvalue weighted by molar-refractivity contribution is 0.117. The van der Waals surface area contributed by atoms with Gasteiger partial charge < -0.3 is 29.1 Å². The van der Waals surface area contributed by atoms with Crippen molar-refractivity contribution in [1.29, 1.82) is 0 Å². The standard InChI is InChI=1S/C29H25Cl2N5O.C29H22ClN3O2/c1-35-17-33-15-26(35)29(32,21-8-10-27(31)34-14-21)20-7-9-25-24(12-20)23(19-3-2-4-22(30)11-19)13-28(37)36(25)16-18-5-6-18;1-4-19-6-5-7-20(14-19)24-16-28(34)33(3)26-13-10-22(15-25(24)26)29(35,27-17-31-18-32(27)2)21-8-11-23(30)12-9-21/h2-4,7-15,17-18H,5-6,16,32H2,1H3;1,5-18,35H,2-3H3. The number of rotatable bonds is 10. The van der Waals surface area contributed by atoms with E-state index in [2.05, 4.69) is 26.9 Å². The van der Waals surface area contributed by atoms with Crippen LogP contribution in [0.1, 0.15) is 52.0 Å². The van der Waals surface area contributed by atoms with Gasteiger partial charge in [0.15, 0.2) is 5.60 Å². The third-order valence-corrected chi connectivity index (χ3v) is 14.4. The number of aromatic nitrogens is 7. The Balaban J connectivity index is 0.000000166. The van der Waals surface area contributed by atoms with Gasteiger partial charge in [0.1, 0.15) is 10.7 Å². The fourth-order valence-corrected chi connectivity index (χ4v) is 10.1. The first-order chi connectivity index (χ1) is 34.7. The number of pyridine rings is 3. The molecule has 10 aromatic rings. The van der Waals surface area contributed by atoms with Crippen molar-refractivity contribution in [1.82, 2.24) is 33.2 Å². The van der Waals surface area contributed by atoms with E-state index in [1.165, 1.54) is 0 Å². The fourth-order valence-electron chi connectivity index (χ4n) is 9.64. The van der Waals surface area contributed by atoms with Crippen LogP contribution < -0.4 is 16.9 Å². The van der Waals surface area contributed by atoms with E-state index in [4.69, 9.17) is 47.0 Å². The molecule has 0 spiro atoms. The zero-order valence-electron chi connectivity index (χ0n) is 39.5. The molecule has 2 atom stereocenters. The zero-order valence-corrected chi connectivity index (χ0v) is 41.7. The molecule has 72 heavy (non-hydrogen) atoms. The molecule has 0 bridgehead atoms. The number of benzene rings is 5. The first kappa shape index (κ1) is 48.1. The Kier molecular flexibility index (Phi) is 12.8. The number of aryl methyl sites for hydroxylation is 3. The van der Waals surface area contributed by atoms with Gasteiger partial charge in [0.25, 0.3) is 11.1 Å². The van der Waals surface area contributed by atoms with E-state index >= 15 is 0 Å². The second kappa shape index (κ2) is 19.2. The molecule has 5 aromatic heterocycles. The highest BCUT2D eigenvalue weighted by Gasteiger charge is 2.38. The van der Waals surface area contributed by atoms with Crippen LogP contribution in [0.3, 0.4) is 0 Å². The second-order valence-electron chi connectivity index (χ2n) is 18.3. The summed E-state index contributed by atoms with van der Waals surface area (Å²) in [5.41, 5.74) is 14.4. The maximum atomic E-state index is 13.3. The molecule has 358 valence electrons. The molecular formula is C58H47Cl3N8O3. The van der Waals surface area contributed by atoms with Crippen LogP contribution in [0.2, 0.25) is 15.2 Å². The molecule has 14 heteroatoms. The lowest BCUT2D eigenvalue weighted by Crippen LogP contribution is -2.41. The van der Waals surface area contributed by atoms with Crippen LogP contribution in [-0.4, -0.2) is 38.3 Å². The van der Waals surface area contributed by atoms with Gasteiger partial charge in [-0.25, -0.2) is 15.0 Å². The molecular weight excluding hydrogens is 963 g/mol. The van der Waals surface area contributed by atoms with E-state index in [0.717, 1.165) is 79.3 Å². The number of halogens is 3. The summed E-state index contributed by atoms with van der Waals surface area (Å²) in [6.45, 7) is 0.709. The van der Waals surface area contributed by atoms with Gasteiger partial charge in [0.05, 0.1) is 47.5 Å². The summed E-state index contributed by atoms with van der Waals surface area (Å²) in [5, 5.41) is 15.6. The first-order valence-electron chi connectivity index (χ1n) is 23.2. The van der Waals surface area contributed by atoms with Gasteiger partial charge in [-0.2, -0.15) is 0 Å². The predicted octanol–water partition coefficient (Wildman–Crippen LogP) is 10.6. The summed E-state index contributed by atoms with van der Waals surface area (Å²) >= 11 is 18.6. The molecule has 0 aliphatic heterocycles. The van der Waals surface area contributed by atoms with Crippen molar-refractivity contribution >= 4 is 56.6 Å². The van der Waals surface area contributed by atoms with Gasteiger partial charge in [0.2, 0.25) is 0 Å². The minimum Gasteiger partial charge on any atom is -0.374 e. The predicted molar refractivity (Wildman–Crippen MR) is 287 cm³/mol. The summed E-state index contributed by atoms with van der Waals surface area (Å²) < 4.78 is 7.18. The number of terminal acetylenes is 1. The van der Waals surface area contributed by atoms with Crippen LogP contribution in [0.5, 0.6) is 0 Å². The van der Waals surface area contributed by atoms with Gasteiger partial charge in [-0.3, -0.25) is 9.59 Å². The second-order valence-corrected chi connectivity index (χ2v) is 19.5. The Morgan fingerprint density at radius 3 is 1.89 bits per heavy atom. The smallest absolute Gasteiger partial charge is 0.251 e. The van der Waals surface area contributed by atoms with E-state index in [1.807, 2.05) is 108 Å². The van der Waals surface area contributed by atoms with Crippen molar-refractivity contribution in [3.63, 3.8) is 0 Å². The Hall–Kier alpha value is -7.56. The molecule has 11 nitrogen and oxygen atoms in total. The molecule has 11 rings (SSSR count). The van der Waals surface area contributed by atoms with E-state index < -0.39 is 11.1 Å². The third kappa shape index (κ3) is 8.82. The molecule has 3 N–H and O–H groups in total. The maximum absolute atomic E-state index is 13.3. The molecule has 1 saturated carbocycles. The van der Waals surface area contributed by atoms with Crippen LogP contribution in [-0.2, 0) is 38.8 Å². The molecule has 0 radical (unpaired) electrons. The van der Waals surface area contributed by atoms with Gasteiger partial charge in [-0.1, -0.05) is 95.3 Å². The van der Waals surface area contributed by atoms with Crippen molar-refractivity contribution in [3.05, 3.63) is 240 Å². The maximum Gasteiger partial charge on any atom is 0.251 e. The Morgan fingerprint density at radius 1 is 0.653 bits per heavy atom. The van der Waals surface area contributed by atoms with Crippen LogP contribution >= 0.6 is 34.8 Å². The number of nitrogens with zero attached hydrogens (tertiary/aromatic N) is 7. The highest BCUT2D eigenvalue weighted by atomic mass is 35.5. The number of imidazole rings is 2. The number of aliphatic hydroxyl groups is 1. The van der Waals surface area contributed by atoms with Crippen molar-refractivity contribution in [2.75, 3.05) is 0 Å². The molecule has 2 unspecified atom stereocenters. The van der Waals surface area contributed by atoms with E-state index in [0.29, 0.717) is 44.5 Å². The lowest BCUT2D eigenvalue weighted by Gasteiger charge is -2.31. The van der Waals surface area contributed by atoms with Gasteiger partial charge >= 0.3 is 0 Å². The van der Waals surface area contributed by atoms with Crippen LogP contribution in [0.25, 0.3) is 44.1 Å². The van der Waals surface area contributed by atoms with Crippen LogP contribution in [0.15, 0.2) is 174 Å². The molecule has 5 aromatic carbocycles. The van der Waals surface area contributed by atoms with Crippen molar-refractivity contribution in [2.24, 2.45) is 32.8 Å². The van der Waals surface area contributed by atoms with E-state index in [1.54, 1.807) is 89.9 Å². The number of nitrogens with two attached hydrogens (primary N) is 1. The highest BCUT2D eigenvalue weighted by Crippen LogP contribution is 2.41. The SMILES string of the molecule is C#Cc1cccc(-c2cc(=O)n(C)c3ccc(C(O)(c4ccc(Cl)cc4)c4cncn4C)cc23)c1.Cn1cncc1C(N)(c1ccc(Cl)nc1)c1ccc2c(c1)c(-c1cccc(Cl)c1)cc(=O)n2CC1CC1. The van der Waals surface area contributed by atoms with Crippen LogP contribution in [0.4, 0.5) is 0 Å². The number of fused-ring (bicyclic) bond motifs is 2. The summed E-state index contributed by atoms with van der Waals surface area (Å²) in [6, 6.07) is 40.8. The molecule has 1 fully saturated rings. The quantitative estimate of drug-likeness (QED) is 0.103. The van der Waals surface area contributed by atoms with E-state index in [-0.39, 0.29) is 11.1 Å². The molecule has 0 amide bonds. The van der Waals surface area contributed by atoms with Gasteiger partial charge in [-0.15, -0.1) is 6.42 Å². The first-order valence-corrected chi connectivity index (χ1v) is 24.3. The van der Waals surface area contributed by atoms with Crippen molar-refractivity contribution < 1.29 is 5.11 Å². The Labute approximate surface area is 430 Å². The molecule has 5 heterocycles. The number of hydrogen-bond donors (Lipinski definition) is 2. The van der Waals surface area contributed by atoms with Gasteiger partial charge in [-0.05, 0) is 124 Å². The molecule has 0 saturated heterocycles. The Morgan fingerprint density at radius 2 is 1.25 bits per heavy atom. The Bertz CT molecular complexity index is 3870. The van der Waals surface area contributed by atoms with Gasteiger partial charge in [0, 0.05) is 78.0 Å². The summed E-state index contributed by atoms with van der Waals surface area (Å²) in [7, 11) is 5.49. The summed E-state index contributed by atoms with van der Waals surface area (Å²) in [4.78, 5) is 39.0. The lowest BCUT2D eigenvalue weighted by atomic mass is 9.81. The van der Waals surface area contributed by atoms with Crippen LogP contribution in [0, 0.1) is 18.3 Å². The third-order valence-electron chi connectivity index (χ3n) is 13.7. The average Bonchev–Trinajstić information content (AvgIpc) is 3.94. The largest absolute Gasteiger partial charge is 0.374 e. The number of hydrogen-bond acceptors (Lipinski definition) is 7. The normalized spacial score (nSPS) is 14.0.